The summed E-state index contributed by atoms with van der Waals surface area (Å²) in [6.07, 6.45) is 1.01. The second-order valence-electron chi connectivity index (χ2n) is 3.84. The van der Waals surface area contributed by atoms with Crippen LogP contribution in [-0.2, 0) is 19.4 Å². The molecule has 2 heterocycles. The molecule has 102 valence electrons. The molecule has 0 aliphatic carbocycles. The SMILES string of the molecule is CCc1nc(Cn2nnc(C(=O)O)c2CCN)no1. The molecule has 0 spiro atoms. The Morgan fingerprint density at radius 3 is 2.89 bits per heavy atom. The zero-order valence-electron chi connectivity index (χ0n) is 10.4. The molecule has 0 unspecified atom stereocenters. The third-order valence-electron chi connectivity index (χ3n) is 2.53. The summed E-state index contributed by atoms with van der Waals surface area (Å²) in [5.74, 6) is -0.178. The zero-order chi connectivity index (χ0) is 13.8. The molecule has 9 nitrogen and oxygen atoms in total. The van der Waals surface area contributed by atoms with E-state index in [4.69, 9.17) is 15.4 Å². The lowest BCUT2D eigenvalue weighted by Crippen LogP contribution is -2.14. The molecule has 0 saturated heterocycles. The lowest BCUT2D eigenvalue weighted by Gasteiger charge is -2.02. The van der Waals surface area contributed by atoms with Crippen LogP contribution in [0.3, 0.4) is 0 Å². The Kier molecular flexibility index (Phi) is 3.85. The first-order valence-electron chi connectivity index (χ1n) is 5.82. The first-order chi connectivity index (χ1) is 9.15. The monoisotopic (exact) mass is 266 g/mol. The molecule has 0 fully saturated rings. The predicted octanol–water partition coefficient (Wildman–Crippen LogP) is -0.529. The molecule has 0 aromatic carbocycles. The highest BCUT2D eigenvalue weighted by atomic mass is 16.5. The molecule has 0 aliphatic heterocycles. The van der Waals surface area contributed by atoms with Crippen molar-refractivity contribution >= 4 is 5.97 Å². The number of hydrogen-bond acceptors (Lipinski definition) is 7. The number of aromatic nitrogens is 5. The number of carbonyl (C=O) groups is 1. The van der Waals surface area contributed by atoms with Crippen molar-refractivity contribution in [3.63, 3.8) is 0 Å². The Morgan fingerprint density at radius 2 is 2.32 bits per heavy atom. The molecular formula is C10H14N6O3. The van der Waals surface area contributed by atoms with E-state index in [9.17, 15) is 4.79 Å². The van der Waals surface area contributed by atoms with E-state index in [1.165, 1.54) is 4.68 Å². The van der Waals surface area contributed by atoms with Crippen molar-refractivity contribution in [1.29, 1.82) is 0 Å². The molecule has 0 aliphatic rings. The topological polar surface area (TPSA) is 133 Å². The first-order valence-corrected chi connectivity index (χ1v) is 5.82. The molecule has 2 aromatic heterocycles. The van der Waals surface area contributed by atoms with E-state index < -0.39 is 5.97 Å². The first kappa shape index (κ1) is 13.1. The highest BCUT2D eigenvalue weighted by Gasteiger charge is 2.19. The van der Waals surface area contributed by atoms with Gasteiger partial charge in [-0.05, 0) is 6.54 Å². The molecule has 3 N–H and O–H groups in total. The fraction of sp³-hybridized carbons (Fsp3) is 0.500. The predicted molar refractivity (Wildman–Crippen MR) is 62.5 cm³/mol. The summed E-state index contributed by atoms with van der Waals surface area (Å²) in [5.41, 5.74) is 5.83. The summed E-state index contributed by atoms with van der Waals surface area (Å²) < 4.78 is 6.41. The Morgan fingerprint density at radius 1 is 1.53 bits per heavy atom. The van der Waals surface area contributed by atoms with Crippen LogP contribution in [-0.4, -0.2) is 42.8 Å². The van der Waals surface area contributed by atoms with Crippen LogP contribution in [0.25, 0.3) is 0 Å². The number of rotatable bonds is 6. The Hall–Kier alpha value is -2.29. The van der Waals surface area contributed by atoms with Gasteiger partial charge in [0.1, 0.15) is 6.54 Å². The van der Waals surface area contributed by atoms with Crippen molar-refractivity contribution in [1.82, 2.24) is 25.1 Å². The van der Waals surface area contributed by atoms with Crippen molar-refractivity contribution in [2.24, 2.45) is 5.73 Å². The van der Waals surface area contributed by atoms with Gasteiger partial charge in [0.05, 0.1) is 5.69 Å². The molecule has 2 rings (SSSR count). The van der Waals surface area contributed by atoms with Crippen LogP contribution in [0.2, 0.25) is 0 Å². The van der Waals surface area contributed by atoms with Gasteiger partial charge in [-0.3, -0.25) is 0 Å². The molecule has 19 heavy (non-hydrogen) atoms. The Bertz CT molecular complexity index is 576. The third-order valence-corrected chi connectivity index (χ3v) is 2.53. The number of carboxylic acids is 1. The molecule has 0 amide bonds. The minimum absolute atomic E-state index is 0.0929. The average Bonchev–Trinajstić information content (AvgIpc) is 2.98. The maximum absolute atomic E-state index is 11.0. The molecule has 0 saturated carbocycles. The van der Waals surface area contributed by atoms with Crippen molar-refractivity contribution in [3.05, 3.63) is 23.1 Å². The van der Waals surface area contributed by atoms with Crippen LogP contribution in [0, 0.1) is 0 Å². The second-order valence-corrected chi connectivity index (χ2v) is 3.84. The van der Waals surface area contributed by atoms with Crippen LogP contribution in [0.4, 0.5) is 0 Å². The molecule has 0 bridgehead atoms. The highest BCUT2D eigenvalue weighted by molar-refractivity contribution is 5.86. The van der Waals surface area contributed by atoms with Gasteiger partial charge in [-0.1, -0.05) is 17.3 Å². The van der Waals surface area contributed by atoms with Crippen molar-refractivity contribution in [2.75, 3.05) is 6.54 Å². The van der Waals surface area contributed by atoms with Crippen molar-refractivity contribution in [3.8, 4) is 0 Å². The van der Waals surface area contributed by atoms with E-state index in [1.807, 2.05) is 6.92 Å². The van der Waals surface area contributed by atoms with E-state index in [0.717, 1.165) is 0 Å². The lowest BCUT2D eigenvalue weighted by atomic mass is 10.2. The van der Waals surface area contributed by atoms with E-state index in [-0.39, 0.29) is 12.2 Å². The van der Waals surface area contributed by atoms with Crippen LogP contribution in [0.15, 0.2) is 4.52 Å². The molecule has 0 atom stereocenters. The average molecular weight is 266 g/mol. The van der Waals surface area contributed by atoms with E-state index in [0.29, 0.717) is 36.8 Å². The smallest absolute Gasteiger partial charge is 0.358 e. The zero-order valence-corrected chi connectivity index (χ0v) is 10.4. The minimum atomic E-state index is -1.13. The fourth-order valence-electron chi connectivity index (χ4n) is 1.64. The summed E-state index contributed by atoms with van der Waals surface area (Å²) in [7, 11) is 0. The van der Waals surface area contributed by atoms with Gasteiger partial charge in [0.25, 0.3) is 0 Å². The summed E-state index contributed by atoms with van der Waals surface area (Å²) >= 11 is 0. The lowest BCUT2D eigenvalue weighted by molar-refractivity contribution is 0.0689. The minimum Gasteiger partial charge on any atom is -0.476 e. The van der Waals surface area contributed by atoms with Gasteiger partial charge in [-0.2, -0.15) is 4.98 Å². The molecule has 2 aromatic rings. The van der Waals surface area contributed by atoms with Gasteiger partial charge in [0.15, 0.2) is 11.5 Å². The van der Waals surface area contributed by atoms with E-state index >= 15 is 0 Å². The highest BCUT2D eigenvalue weighted by Crippen LogP contribution is 2.08. The molecule has 0 radical (unpaired) electrons. The normalized spacial score (nSPS) is 10.8. The van der Waals surface area contributed by atoms with E-state index in [1.54, 1.807) is 0 Å². The van der Waals surface area contributed by atoms with Crippen LogP contribution in [0.5, 0.6) is 0 Å². The molecule has 9 heteroatoms. The summed E-state index contributed by atoms with van der Waals surface area (Å²) in [4.78, 5) is 15.1. The Labute approximate surface area is 108 Å². The molecular weight excluding hydrogens is 252 g/mol. The number of aryl methyl sites for hydroxylation is 1. The maximum atomic E-state index is 11.0. The van der Waals surface area contributed by atoms with Crippen molar-refractivity contribution in [2.45, 2.75) is 26.3 Å². The van der Waals surface area contributed by atoms with E-state index in [2.05, 4.69) is 20.5 Å². The maximum Gasteiger partial charge on any atom is 0.358 e. The number of hydrogen-bond donors (Lipinski definition) is 2. The van der Waals surface area contributed by atoms with Gasteiger partial charge in [0.2, 0.25) is 5.89 Å². The summed E-state index contributed by atoms with van der Waals surface area (Å²) in [6.45, 7) is 2.41. The van der Waals surface area contributed by atoms with Gasteiger partial charge in [-0.25, -0.2) is 9.48 Å². The van der Waals surface area contributed by atoms with Gasteiger partial charge in [-0.15, -0.1) is 5.10 Å². The number of carboxylic acid groups (broad SMARTS) is 1. The van der Waals surface area contributed by atoms with Gasteiger partial charge < -0.3 is 15.4 Å². The van der Waals surface area contributed by atoms with Crippen molar-refractivity contribution < 1.29 is 14.4 Å². The van der Waals surface area contributed by atoms with Crippen LogP contribution >= 0.6 is 0 Å². The number of aromatic carboxylic acids is 1. The fourth-order valence-corrected chi connectivity index (χ4v) is 1.64. The quantitative estimate of drug-likeness (QED) is 0.712. The van der Waals surface area contributed by atoms with Gasteiger partial charge >= 0.3 is 5.97 Å². The van der Waals surface area contributed by atoms with Crippen LogP contribution < -0.4 is 5.73 Å². The second kappa shape index (κ2) is 5.57. The Balaban J connectivity index is 2.26. The largest absolute Gasteiger partial charge is 0.476 e. The number of nitrogens with zero attached hydrogens (tertiary/aromatic N) is 5. The number of nitrogens with two attached hydrogens (primary N) is 1. The van der Waals surface area contributed by atoms with Crippen LogP contribution in [0.1, 0.15) is 34.8 Å². The summed E-state index contributed by atoms with van der Waals surface area (Å²) in [6, 6.07) is 0. The standard InChI is InChI=1S/C10H14N6O3/c1-2-8-12-7(14-19-8)5-16-6(3-4-11)9(10(17)18)13-15-16/h2-5,11H2,1H3,(H,17,18). The third kappa shape index (κ3) is 2.76. The van der Waals surface area contributed by atoms with Gasteiger partial charge in [0, 0.05) is 12.8 Å². The summed E-state index contributed by atoms with van der Waals surface area (Å²) in [5, 5.41) is 20.2.